The van der Waals surface area contributed by atoms with E-state index in [9.17, 15) is 14.4 Å². The van der Waals surface area contributed by atoms with Gasteiger partial charge in [-0.15, -0.1) is 0 Å². The largest absolute Gasteiger partial charge is 0.478 e. The van der Waals surface area contributed by atoms with Crippen molar-refractivity contribution in [2.75, 3.05) is 7.11 Å². The Labute approximate surface area is 109 Å². The van der Waals surface area contributed by atoms with Gasteiger partial charge in [-0.2, -0.15) is 0 Å². The van der Waals surface area contributed by atoms with E-state index >= 15 is 0 Å². The zero-order chi connectivity index (χ0) is 14.6. The molecule has 0 unspecified atom stereocenters. The SMILES string of the molecule is CCC(=O)C(=N)c1ccc(C(=O)O)c(C(=O)OC)c1. The summed E-state index contributed by atoms with van der Waals surface area (Å²) in [6.45, 7) is 1.61. The van der Waals surface area contributed by atoms with Crippen molar-refractivity contribution in [3.8, 4) is 0 Å². The summed E-state index contributed by atoms with van der Waals surface area (Å²) in [5.41, 5.74) is -0.477. The molecule has 0 radical (unpaired) electrons. The van der Waals surface area contributed by atoms with E-state index in [-0.39, 0.29) is 34.6 Å². The van der Waals surface area contributed by atoms with Gasteiger partial charge in [0.05, 0.1) is 18.2 Å². The van der Waals surface area contributed by atoms with Gasteiger partial charge >= 0.3 is 11.9 Å². The molecule has 1 aromatic rings. The Morgan fingerprint density at radius 1 is 1.26 bits per heavy atom. The number of ether oxygens (including phenoxy) is 1. The molecule has 19 heavy (non-hydrogen) atoms. The molecule has 100 valence electrons. The molecule has 0 aromatic heterocycles. The maximum absolute atomic E-state index is 11.5. The van der Waals surface area contributed by atoms with Crippen LogP contribution in [0.5, 0.6) is 0 Å². The number of nitrogens with one attached hydrogen (secondary N) is 1. The molecule has 0 heterocycles. The Kier molecular flexibility index (Phi) is 4.52. The van der Waals surface area contributed by atoms with Crippen molar-refractivity contribution in [1.29, 1.82) is 5.41 Å². The molecular formula is C13H13NO5. The van der Waals surface area contributed by atoms with Crippen LogP contribution in [0.25, 0.3) is 0 Å². The maximum atomic E-state index is 11.5. The summed E-state index contributed by atoms with van der Waals surface area (Å²) in [4.78, 5) is 33.9. The van der Waals surface area contributed by atoms with Crippen LogP contribution < -0.4 is 0 Å². The lowest BCUT2D eigenvalue weighted by atomic mass is 9.99. The first kappa shape index (κ1) is 14.6. The summed E-state index contributed by atoms with van der Waals surface area (Å²) in [6, 6.07) is 3.69. The second-order valence-corrected chi connectivity index (χ2v) is 3.71. The lowest BCUT2D eigenvalue weighted by Crippen LogP contribution is -2.16. The number of benzene rings is 1. The second kappa shape index (κ2) is 5.90. The summed E-state index contributed by atoms with van der Waals surface area (Å²) in [6.07, 6.45) is 0.160. The zero-order valence-corrected chi connectivity index (χ0v) is 10.5. The third-order valence-corrected chi connectivity index (χ3v) is 2.54. The number of aromatic carboxylic acids is 1. The molecule has 2 N–H and O–H groups in total. The molecule has 0 bridgehead atoms. The number of methoxy groups -OCH3 is 1. The Bertz CT molecular complexity index is 562. The van der Waals surface area contributed by atoms with Crippen molar-refractivity contribution < 1.29 is 24.2 Å². The molecular weight excluding hydrogens is 250 g/mol. The highest BCUT2D eigenvalue weighted by Gasteiger charge is 2.20. The molecule has 0 amide bonds. The normalized spacial score (nSPS) is 9.79. The molecule has 0 atom stereocenters. The minimum atomic E-state index is -1.28. The van der Waals surface area contributed by atoms with Gasteiger partial charge in [-0.05, 0) is 12.1 Å². The number of carboxylic acid groups (broad SMARTS) is 1. The predicted octanol–water partition coefficient (Wildman–Crippen LogP) is 1.52. The maximum Gasteiger partial charge on any atom is 0.338 e. The molecule has 0 saturated heterocycles. The molecule has 0 aliphatic carbocycles. The van der Waals surface area contributed by atoms with Crippen molar-refractivity contribution in [3.05, 3.63) is 34.9 Å². The quantitative estimate of drug-likeness (QED) is 0.619. The Morgan fingerprint density at radius 2 is 1.89 bits per heavy atom. The highest BCUT2D eigenvalue weighted by molar-refractivity contribution is 6.45. The van der Waals surface area contributed by atoms with Crippen molar-refractivity contribution in [2.45, 2.75) is 13.3 Å². The Morgan fingerprint density at radius 3 is 2.37 bits per heavy atom. The van der Waals surface area contributed by atoms with Crippen LogP contribution in [-0.2, 0) is 9.53 Å². The highest BCUT2D eigenvalue weighted by atomic mass is 16.5. The average Bonchev–Trinajstić information content (AvgIpc) is 2.43. The molecule has 6 nitrogen and oxygen atoms in total. The summed E-state index contributed by atoms with van der Waals surface area (Å²) >= 11 is 0. The van der Waals surface area contributed by atoms with Crippen molar-refractivity contribution in [3.63, 3.8) is 0 Å². The third kappa shape index (κ3) is 3.04. The number of ketones is 1. The van der Waals surface area contributed by atoms with Gasteiger partial charge in [0, 0.05) is 12.0 Å². The van der Waals surface area contributed by atoms with E-state index < -0.39 is 11.9 Å². The van der Waals surface area contributed by atoms with Gasteiger partial charge in [-0.25, -0.2) is 9.59 Å². The molecule has 0 fully saturated rings. The number of rotatable bonds is 5. The van der Waals surface area contributed by atoms with Crippen molar-refractivity contribution in [2.24, 2.45) is 0 Å². The van der Waals surface area contributed by atoms with E-state index in [2.05, 4.69) is 4.74 Å². The van der Waals surface area contributed by atoms with E-state index in [1.165, 1.54) is 18.2 Å². The van der Waals surface area contributed by atoms with Crippen LogP contribution in [0.4, 0.5) is 0 Å². The van der Waals surface area contributed by atoms with Gasteiger partial charge in [0.15, 0.2) is 5.78 Å². The van der Waals surface area contributed by atoms with Crippen molar-refractivity contribution in [1.82, 2.24) is 0 Å². The monoisotopic (exact) mass is 263 g/mol. The highest BCUT2D eigenvalue weighted by Crippen LogP contribution is 2.15. The standard InChI is InChI=1S/C13H13NO5/c1-3-10(15)11(14)7-4-5-8(12(16)17)9(6-7)13(18)19-2/h4-6,14H,3H2,1-2H3,(H,16,17). The second-order valence-electron chi connectivity index (χ2n) is 3.71. The first-order valence-electron chi connectivity index (χ1n) is 5.50. The number of carboxylic acids is 1. The fraction of sp³-hybridized carbons (Fsp3) is 0.231. The van der Waals surface area contributed by atoms with Crippen LogP contribution in [0.1, 0.15) is 39.6 Å². The zero-order valence-electron chi connectivity index (χ0n) is 10.5. The first-order chi connectivity index (χ1) is 8.92. The van der Waals surface area contributed by atoms with Gasteiger partial charge in [0.2, 0.25) is 0 Å². The Hall–Kier alpha value is -2.50. The van der Waals surface area contributed by atoms with Crippen LogP contribution in [0, 0.1) is 5.41 Å². The van der Waals surface area contributed by atoms with E-state index in [4.69, 9.17) is 10.5 Å². The van der Waals surface area contributed by atoms with Crippen LogP contribution in [-0.4, -0.2) is 35.6 Å². The molecule has 0 aliphatic rings. The smallest absolute Gasteiger partial charge is 0.338 e. The number of carbonyl (C=O) groups excluding carboxylic acids is 2. The number of Topliss-reactive ketones (excluding diaryl/α,β-unsaturated/α-hetero) is 1. The molecule has 1 rings (SSSR count). The van der Waals surface area contributed by atoms with Gasteiger partial charge in [-0.1, -0.05) is 13.0 Å². The van der Waals surface area contributed by atoms with Crippen LogP contribution in [0.15, 0.2) is 18.2 Å². The molecule has 6 heteroatoms. The van der Waals surface area contributed by atoms with E-state index in [1.807, 2.05) is 0 Å². The predicted molar refractivity (Wildman–Crippen MR) is 66.9 cm³/mol. The van der Waals surface area contributed by atoms with Crippen LogP contribution in [0.3, 0.4) is 0 Å². The topological polar surface area (TPSA) is 105 Å². The lowest BCUT2D eigenvalue weighted by molar-refractivity contribution is -0.112. The molecule has 0 saturated carbocycles. The molecule has 0 spiro atoms. The van der Waals surface area contributed by atoms with Gasteiger partial charge in [-0.3, -0.25) is 10.2 Å². The summed E-state index contributed by atoms with van der Waals surface area (Å²) in [7, 11) is 1.13. The lowest BCUT2D eigenvalue weighted by Gasteiger charge is -2.07. The summed E-state index contributed by atoms with van der Waals surface area (Å²) < 4.78 is 4.49. The fourth-order valence-electron chi connectivity index (χ4n) is 1.50. The van der Waals surface area contributed by atoms with E-state index in [1.54, 1.807) is 6.92 Å². The van der Waals surface area contributed by atoms with E-state index in [0.29, 0.717) is 0 Å². The number of hydrogen-bond acceptors (Lipinski definition) is 5. The van der Waals surface area contributed by atoms with Gasteiger partial charge in [0.25, 0.3) is 0 Å². The average molecular weight is 263 g/mol. The Balaban J connectivity index is 3.34. The minimum absolute atomic E-state index is 0.160. The first-order valence-corrected chi connectivity index (χ1v) is 5.50. The van der Waals surface area contributed by atoms with Crippen LogP contribution in [0.2, 0.25) is 0 Å². The molecule has 1 aromatic carbocycles. The number of esters is 1. The van der Waals surface area contributed by atoms with E-state index in [0.717, 1.165) is 7.11 Å². The van der Waals surface area contributed by atoms with Crippen molar-refractivity contribution >= 4 is 23.4 Å². The molecule has 0 aliphatic heterocycles. The van der Waals surface area contributed by atoms with Gasteiger partial charge < -0.3 is 9.84 Å². The number of hydrogen-bond donors (Lipinski definition) is 2. The summed E-state index contributed by atoms with van der Waals surface area (Å²) in [5, 5.41) is 16.6. The van der Waals surface area contributed by atoms with Gasteiger partial charge in [0.1, 0.15) is 5.71 Å². The third-order valence-electron chi connectivity index (χ3n) is 2.54. The number of carbonyl (C=O) groups is 3. The fourth-order valence-corrected chi connectivity index (χ4v) is 1.50. The summed E-state index contributed by atoms with van der Waals surface area (Å²) in [5.74, 6) is -2.49. The van der Waals surface area contributed by atoms with Crippen LogP contribution >= 0.6 is 0 Å². The minimum Gasteiger partial charge on any atom is -0.478 e.